The summed E-state index contributed by atoms with van der Waals surface area (Å²) in [6.45, 7) is 4.11. The maximum Gasteiger partial charge on any atom is 0.315 e. The van der Waals surface area contributed by atoms with E-state index in [1.54, 1.807) is 6.92 Å². The Labute approximate surface area is 106 Å². The molecule has 1 aromatic rings. The summed E-state index contributed by atoms with van der Waals surface area (Å²) in [5, 5.41) is 14.4. The molecule has 0 saturated carbocycles. The summed E-state index contributed by atoms with van der Waals surface area (Å²) in [7, 11) is 0. The van der Waals surface area contributed by atoms with Crippen LogP contribution in [-0.4, -0.2) is 30.4 Å². The standard InChI is InChI=1S/C13H18N2O3/c1-8-3-4-12-10(5-8)11(7-18-12)15-13(17)14-9(2)6-16/h3-5,9,11,16H,6-7H2,1-2H3,(H2,14,15,17)/t9-,11?/m0/s1. The van der Waals surface area contributed by atoms with E-state index in [1.807, 2.05) is 25.1 Å². The molecule has 0 spiro atoms. The van der Waals surface area contributed by atoms with Crippen LogP contribution in [0, 0.1) is 6.92 Å². The quantitative estimate of drug-likeness (QED) is 0.752. The summed E-state index contributed by atoms with van der Waals surface area (Å²) >= 11 is 0. The minimum Gasteiger partial charge on any atom is -0.491 e. The van der Waals surface area contributed by atoms with Crippen LogP contribution in [0.4, 0.5) is 4.79 Å². The predicted octanol–water partition coefficient (Wildman–Crippen LogP) is 1.11. The second-order valence-corrected chi connectivity index (χ2v) is 4.61. The van der Waals surface area contributed by atoms with E-state index in [-0.39, 0.29) is 24.7 Å². The summed E-state index contributed by atoms with van der Waals surface area (Å²) < 4.78 is 5.51. The van der Waals surface area contributed by atoms with Gasteiger partial charge in [0.15, 0.2) is 0 Å². The topological polar surface area (TPSA) is 70.6 Å². The van der Waals surface area contributed by atoms with Crippen LogP contribution in [0.3, 0.4) is 0 Å². The highest BCUT2D eigenvalue weighted by Gasteiger charge is 2.25. The molecule has 0 bridgehead atoms. The number of carbonyl (C=O) groups is 1. The number of ether oxygens (including phenoxy) is 1. The molecule has 1 aliphatic rings. The molecule has 1 aromatic carbocycles. The minimum atomic E-state index is -0.292. The van der Waals surface area contributed by atoms with E-state index in [1.165, 1.54) is 0 Å². The lowest BCUT2D eigenvalue weighted by Crippen LogP contribution is -2.44. The number of amides is 2. The number of nitrogens with one attached hydrogen (secondary N) is 2. The largest absolute Gasteiger partial charge is 0.491 e. The van der Waals surface area contributed by atoms with Gasteiger partial charge < -0.3 is 20.5 Å². The van der Waals surface area contributed by atoms with E-state index in [2.05, 4.69) is 10.6 Å². The maximum atomic E-state index is 11.7. The highest BCUT2D eigenvalue weighted by atomic mass is 16.5. The lowest BCUT2D eigenvalue weighted by atomic mass is 10.1. The van der Waals surface area contributed by atoms with Crippen LogP contribution >= 0.6 is 0 Å². The number of rotatable bonds is 3. The molecule has 2 rings (SSSR count). The summed E-state index contributed by atoms with van der Waals surface area (Å²) in [6.07, 6.45) is 0. The zero-order valence-corrected chi connectivity index (χ0v) is 10.6. The zero-order valence-electron chi connectivity index (χ0n) is 10.6. The van der Waals surface area contributed by atoms with Crippen molar-refractivity contribution in [2.75, 3.05) is 13.2 Å². The van der Waals surface area contributed by atoms with Gasteiger partial charge in [-0.2, -0.15) is 0 Å². The smallest absolute Gasteiger partial charge is 0.315 e. The Balaban J connectivity index is 2.01. The second-order valence-electron chi connectivity index (χ2n) is 4.61. The number of fused-ring (bicyclic) bond motifs is 1. The molecule has 0 aliphatic carbocycles. The number of urea groups is 1. The van der Waals surface area contributed by atoms with Gasteiger partial charge in [-0.05, 0) is 19.9 Å². The Bertz CT molecular complexity index is 448. The number of aliphatic hydroxyl groups is 1. The van der Waals surface area contributed by atoms with Gasteiger partial charge in [-0.1, -0.05) is 17.7 Å². The SMILES string of the molecule is Cc1ccc2c(c1)C(NC(=O)N[C@@H](C)CO)CO2. The number of hydrogen-bond acceptors (Lipinski definition) is 3. The molecule has 98 valence electrons. The Hall–Kier alpha value is -1.75. The van der Waals surface area contributed by atoms with Crippen LogP contribution in [0.25, 0.3) is 0 Å². The van der Waals surface area contributed by atoms with E-state index >= 15 is 0 Å². The van der Waals surface area contributed by atoms with Crippen LogP contribution in [0.5, 0.6) is 5.75 Å². The fourth-order valence-electron chi connectivity index (χ4n) is 1.92. The van der Waals surface area contributed by atoms with Gasteiger partial charge >= 0.3 is 6.03 Å². The minimum absolute atomic E-state index is 0.0791. The van der Waals surface area contributed by atoms with Gasteiger partial charge in [0.05, 0.1) is 18.7 Å². The molecule has 1 aliphatic heterocycles. The number of carbonyl (C=O) groups excluding carboxylic acids is 1. The van der Waals surface area contributed by atoms with Gasteiger partial charge in [0, 0.05) is 5.56 Å². The third-order valence-electron chi connectivity index (χ3n) is 2.90. The molecular formula is C13H18N2O3. The molecular weight excluding hydrogens is 232 g/mol. The summed E-state index contributed by atoms with van der Waals surface area (Å²) in [4.78, 5) is 11.7. The fraction of sp³-hybridized carbons (Fsp3) is 0.462. The average Bonchev–Trinajstić information content (AvgIpc) is 2.71. The van der Waals surface area contributed by atoms with Gasteiger partial charge in [0.1, 0.15) is 12.4 Å². The van der Waals surface area contributed by atoms with Crippen LogP contribution < -0.4 is 15.4 Å². The molecule has 5 heteroatoms. The molecule has 2 amide bonds. The number of aryl methyl sites for hydroxylation is 1. The van der Waals surface area contributed by atoms with E-state index in [0.717, 1.165) is 16.9 Å². The summed E-state index contributed by atoms with van der Waals surface area (Å²) in [5.74, 6) is 0.820. The van der Waals surface area contributed by atoms with E-state index in [9.17, 15) is 4.79 Å². The summed E-state index contributed by atoms with van der Waals surface area (Å²) in [6, 6.07) is 5.23. The normalized spacial score (nSPS) is 18.7. The predicted molar refractivity (Wildman–Crippen MR) is 67.6 cm³/mol. The van der Waals surface area contributed by atoms with Gasteiger partial charge in [-0.3, -0.25) is 0 Å². The lowest BCUT2D eigenvalue weighted by Gasteiger charge is -2.15. The van der Waals surface area contributed by atoms with Crippen molar-refractivity contribution >= 4 is 6.03 Å². The molecule has 2 atom stereocenters. The first kappa shape index (κ1) is 12.7. The molecule has 0 fully saturated rings. The van der Waals surface area contributed by atoms with Gasteiger partial charge in [-0.25, -0.2) is 4.79 Å². The van der Waals surface area contributed by atoms with E-state index < -0.39 is 0 Å². The molecule has 0 saturated heterocycles. The molecule has 18 heavy (non-hydrogen) atoms. The molecule has 1 unspecified atom stereocenters. The summed E-state index contributed by atoms with van der Waals surface area (Å²) in [5.41, 5.74) is 2.14. The van der Waals surface area contributed by atoms with Crippen molar-refractivity contribution in [2.45, 2.75) is 25.9 Å². The first-order valence-electron chi connectivity index (χ1n) is 6.01. The van der Waals surface area contributed by atoms with E-state index in [0.29, 0.717) is 6.61 Å². The van der Waals surface area contributed by atoms with Crippen molar-refractivity contribution in [3.05, 3.63) is 29.3 Å². The van der Waals surface area contributed by atoms with Gasteiger partial charge in [0.2, 0.25) is 0 Å². The Morgan fingerprint density at radius 1 is 1.61 bits per heavy atom. The van der Waals surface area contributed by atoms with Crippen molar-refractivity contribution < 1.29 is 14.6 Å². The van der Waals surface area contributed by atoms with Crippen molar-refractivity contribution in [3.8, 4) is 5.75 Å². The highest BCUT2D eigenvalue weighted by Crippen LogP contribution is 2.32. The maximum absolute atomic E-state index is 11.7. The van der Waals surface area contributed by atoms with Crippen LogP contribution in [0.1, 0.15) is 24.1 Å². The monoisotopic (exact) mass is 250 g/mol. The van der Waals surface area contributed by atoms with Crippen molar-refractivity contribution in [1.82, 2.24) is 10.6 Å². The van der Waals surface area contributed by atoms with Crippen molar-refractivity contribution in [2.24, 2.45) is 0 Å². The highest BCUT2D eigenvalue weighted by molar-refractivity contribution is 5.75. The number of aliphatic hydroxyl groups excluding tert-OH is 1. The Kier molecular flexibility index (Phi) is 3.72. The van der Waals surface area contributed by atoms with Crippen LogP contribution in [0.15, 0.2) is 18.2 Å². The first-order valence-corrected chi connectivity index (χ1v) is 6.01. The Morgan fingerprint density at radius 2 is 2.39 bits per heavy atom. The van der Waals surface area contributed by atoms with E-state index in [4.69, 9.17) is 9.84 Å². The lowest BCUT2D eigenvalue weighted by molar-refractivity contribution is 0.214. The van der Waals surface area contributed by atoms with Crippen LogP contribution in [0.2, 0.25) is 0 Å². The first-order chi connectivity index (χ1) is 8.60. The zero-order chi connectivity index (χ0) is 13.1. The Morgan fingerprint density at radius 3 is 3.11 bits per heavy atom. The second kappa shape index (κ2) is 5.27. The number of hydrogen-bond donors (Lipinski definition) is 3. The molecule has 1 heterocycles. The van der Waals surface area contributed by atoms with Gasteiger partial charge in [0.25, 0.3) is 0 Å². The average molecular weight is 250 g/mol. The molecule has 5 nitrogen and oxygen atoms in total. The molecule has 3 N–H and O–H groups in total. The fourth-order valence-corrected chi connectivity index (χ4v) is 1.92. The number of benzene rings is 1. The third kappa shape index (κ3) is 2.73. The van der Waals surface area contributed by atoms with Crippen LogP contribution in [-0.2, 0) is 0 Å². The third-order valence-corrected chi connectivity index (χ3v) is 2.90. The van der Waals surface area contributed by atoms with Crippen molar-refractivity contribution in [1.29, 1.82) is 0 Å². The molecule has 0 radical (unpaired) electrons. The van der Waals surface area contributed by atoms with Crippen molar-refractivity contribution in [3.63, 3.8) is 0 Å². The van der Waals surface area contributed by atoms with Gasteiger partial charge in [-0.15, -0.1) is 0 Å². The molecule has 0 aromatic heterocycles.